The predicted octanol–water partition coefficient (Wildman–Crippen LogP) is 4.76. The second-order valence-corrected chi connectivity index (χ2v) is 15.2. The lowest BCUT2D eigenvalue weighted by molar-refractivity contribution is -0.124. The van der Waals surface area contributed by atoms with Crippen molar-refractivity contribution < 1.29 is 9.53 Å². The highest BCUT2D eigenvalue weighted by Crippen LogP contribution is 2.49. The van der Waals surface area contributed by atoms with Gasteiger partial charge in [-0.3, -0.25) is 9.69 Å². The minimum absolute atomic E-state index is 0.202. The molecule has 0 aromatic heterocycles. The smallest absolute Gasteiger partial charge is 0.239 e. The van der Waals surface area contributed by atoms with Crippen molar-refractivity contribution in [1.29, 1.82) is 0 Å². The van der Waals surface area contributed by atoms with Gasteiger partial charge in [0.1, 0.15) is 6.73 Å². The Balaban J connectivity index is 1.80. The first kappa shape index (κ1) is 18.3. The zero-order valence-electron chi connectivity index (χ0n) is 14.7. The molecule has 1 amide bonds. The standard InChI is InChI=1S/C18H26ClNO2SSi/c1-24(2,3)11-8-22-13-20-16-12-14(19)4-5-15(16)18(17(20)21)6-9-23-10-7-18/h4-5,12H,6-11,13H2,1-3H3. The maximum Gasteiger partial charge on any atom is 0.239 e. The van der Waals surface area contributed by atoms with Crippen LogP contribution >= 0.6 is 23.4 Å². The summed E-state index contributed by atoms with van der Waals surface area (Å²) >= 11 is 8.15. The largest absolute Gasteiger partial charge is 0.361 e. The Kier molecular flexibility index (Phi) is 5.35. The number of carbonyl (C=O) groups is 1. The van der Waals surface area contributed by atoms with Gasteiger partial charge >= 0.3 is 0 Å². The summed E-state index contributed by atoms with van der Waals surface area (Å²) in [6.07, 6.45) is 1.83. The number of anilines is 1. The van der Waals surface area contributed by atoms with E-state index in [1.165, 1.54) is 0 Å². The fourth-order valence-electron chi connectivity index (χ4n) is 3.48. The summed E-state index contributed by atoms with van der Waals surface area (Å²) in [7, 11) is -1.12. The van der Waals surface area contributed by atoms with Crippen LogP contribution in [0.1, 0.15) is 18.4 Å². The van der Waals surface area contributed by atoms with Crippen molar-refractivity contribution in [2.75, 3.05) is 29.7 Å². The Labute approximate surface area is 155 Å². The molecule has 3 rings (SSSR count). The first-order valence-corrected chi connectivity index (χ1v) is 13.8. The number of fused-ring (bicyclic) bond motifs is 2. The van der Waals surface area contributed by atoms with Crippen LogP contribution in [-0.2, 0) is 14.9 Å². The molecule has 0 aliphatic carbocycles. The van der Waals surface area contributed by atoms with Crippen molar-refractivity contribution in [1.82, 2.24) is 0 Å². The zero-order chi connectivity index (χ0) is 17.4. The highest BCUT2D eigenvalue weighted by molar-refractivity contribution is 7.99. The van der Waals surface area contributed by atoms with Crippen LogP contribution in [0.4, 0.5) is 5.69 Å². The molecule has 0 saturated carbocycles. The second-order valence-electron chi connectivity index (χ2n) is 7.94. The summed E-state index contributed by atoms with van der Waals surface area (Å²) in [5.74, 6) is 2.28. The molecule has 0 N–H and O–H groups in total. The Bertz CT molecular complexity index is 626. The van der Waals surface area contributed by atoms with Gasteiger partial charge in [0.25, 0.3) is 0 Å². The summed E-state index contributed by atoms with van der Waals surface area (Å²) < 4.78 is 5.89. The molecular formula is C18H26ClNO2SSi. The summed E-state index contributed by atoms with van der Waals surface area (Å²) in [6, 6.07) is 6.99. The van der Waals surface area contributed by atoms with Crippen LogP contribution in [0, 0.1) is 0 Å². The van der Waals surface area contributed by atoms with Gasteiger partial charge in [0, 0.05) is 19.7 Å². The van der Waals surface area contributed by atoms with E-state index in [1.54, 1.807) is 0 Å². The third kappa shape index (κ3) is 3.55. The van der Waals surface area contributed by atoms with E-state index in [1.807, 2.05) is 34.9 Å². The monoisotopic (exact) mass is 383 g/mol. The number of carbonyl (C=O) groups excluding carboxylic acids is 1. The molecular weight excluding hydrogens is 358 g/mol. The topological polar surface area (TPSA) is 29.5 Å². The van der Waals surface area contributed by atoms with Crippen LogP contribution in [0.15, 0.2) is 18.2 Å². The molecule has 0 unspecified atom stereocenters. The van der Waals surface area contributed by atoms with E-state index in [-0.39, 0.29) is 11.3 Å². The predicted molar refractivity (Wildman–Crippen MR) is 106 cm³/mol. The van der Waals surface area contributed by atoms with Crippen LogP contribution in [0.5, 0.6) is 0 Å². The Morgan fingerprint density at radius 3 is 2.67 bits per heavy atom. The highest BCUT2D eigenvalue weighted by Gasteiger charge is 2.51. The second kappa shape index (κ2) is 7.02. The molecule has 24 heavy (non-hydrogen) atoms. The van der Waals surface area contributed by atoms with Crippen LogP contribution in [0.3, 0.4) is 0 Å². The summed E-state index contributed by atoms with van der Waals surface area (Å²) in [4.78, 5) is 15.1. The Morgan fingerprint density at radius 2 is 2.00 bits per heavy atom. The number of hydrogen-bond donors (Lipinski definition) is 0. The Morgan fingerprint density at radius 1 is 1.29 bits per heavy atom. The molecule has 6 heteroatoms. The van der Waals surface area contributed by atoms with Gasteiger partial charge in [-0.25, -0.2) is 0 Å². The Hall–Kier alpha value is -0.493. The van der Waals surface area contributed by atoms with Crippen LogP contribution in [0.2, 0.25) is 30.7 Å². The molecule has 1 saturated heterocycles. The van der Waals surface area contributed by atoms with Gasteiger partial charge in [-0.1, -0.05) is 37.3 Å². The minimum atomic E-state index is -1.12. The fourth-order valence-corrected chi connectivity index (χ4v) is 5.59. The number of amides is 1. The molecule has 0 radical (unpaired) electrons. The van der Waals surface area contributed by atoms with Crippen molar-refractivity contribution in [3.63, 3.8) is 0 Å². The normalized spacial score (nSPS) is 19.8. The van der Waals surface area contributed by atoms with Crippen molar-refractivity contribution >= 4 is 43.0 Å². The number of halogens is 1. The quantitative estimate of drug-likeness (QED) is 0.542. The molecule has 132 valence electrons. The SMILES string of the molecule is C[Si](C)(C)CCOCN1C(=O)C2(CCSCC2)c2ccc(Cl)cc21. The highest BCUT2D eigenvalue weighted by atomic mass is 35.5. The maximum atomic E-state index is 13.2. The fraction of sp³-hybridized carbons (Fsp3) is 0.611. The van der Waals surface area contributed by atoms with Gasteiger partial charge < -0.3 is 4.74 Å². The third-order valence-electron chi connectivity index (χ3n) is 4.98. The molecule has 0 bridgehead atoms. The van der Waals surface area contributed by atoms with Gasteiger partial charge in [0.2, 0.25) is 5.91 Å². The molecule has 0 atom stereocenters. The van der Waals surface area contributed by atoms with Crippen LogP contribution in [-0.4, -0.2) is 38.8 Å². The van der Waals surface area contributed by atoms with E-state index < -0.39 is 8.07 Å². The molecule has 2 aliphatic heterocycles. The number of nitrogens with zero attached hydrogens (tertiary/aromatic N) is 1. The van der Waals surface area contributed by atoms with Crippen molar-refractivity contribution in [2.24, 2.45) is 0 Å². The molecule has 2 aliphatic rings. The van der Waals surface area contributed by atoms with Gasteiger partial charge in [-0.15, -0.1) is 0 Å². The van der Waals surface area contributed by atoms with E-state index in [2.05, 4.69) is 19.6 Å². The first-order chi connectivity index (χ1) is 11.3. The summed E-state index contributed by atoms with van der Waals surface area (Å²) in [5.41, 5.74) is 1.74. The molecule has 3 nitrogen and oxygen atoms in total. The van der Waals surface area contributed by atoms with Gasteiger partial charge in [0.05, 0.1) is 11.1 Å². The minimum Gasteiger partial charge on any atom is -0.361 e. The molecule has 2 heterocycles. The molecule has 1 aromatic carbocycles. The van der Waals surface area contributed by atoms with E-state index in [0.717, 1.165) is 48.2 Å². The average molecular weight is 384 g/mol. The molecule has 1 aromatic rings. The molecule has 1 spiro atoms. The number of thioether (sulfide) groups is 1. The van der Waals surface area contributed by atoms with E-state index in [0.29, 0.717) is 11.8 Å². The lowest BCUT2D eigenvalue weighted by atomic mass is 9.76. The van der Waals surface area contributed by atoms with Gasteiger partial charge in [-0.2, -0.15) is 11.8 Å². The average Bonchev–Trinajstić information content (AvgIpc) is 2.73. The van der Waals surface area contributed by atoms with Crippen molar-refractivity contribution in [3.8, 4) is 0 Å². The van der Waals surface area contributed by atoms with Crippen molar-refractivity contribution in [3.05, 3.63) is 28.8 Å². The lowest BCUT2D eigenvalue weighted by Gasteiger charge is -2.32. The van der Waals surface area contributed by atoms with E-state index >= 15 is 0 Å². The zero-order valence-corrected chi connectivity index (χ0v) is 17.3. The summed E-state index contributed by atoms with van der Waals surface area (Å²) in [5, 5.41) is 0.677. The van der Waals surface area contributed by atoms with Crippen molar-refractivity contribution in [2.45, 2.75) is 43.9 Å². The number of ether oxygens (including phenoxy) is 1. The number of hydrogen-bond acceptors (Lipinski definition) is 3. The summed E-state index contributed by atoms with van der Waals surface area (Å²) in [6.45, 7) is 8.06. The van der Waals surface area contributed by atoms with Gasteiger partial charge in [0.15, 0.2) is 0 Å². The van der Waals surface area contributed by atoms with Crippen LogP contribution < -0.4 is 4.90 Å². The number of rotatable bonds is 5. The first-order valence-electron chi connectivity index (χ1n) is 8.61. The van der Waals surface area contributed by atoms with Gasteiger partial charge in [-0.05, 0) is 48.1 Å². The van der Waals surface area contributed by atoms with Crippen LogP contribution in [0.25, 0.3) is 0 Å². The number of benzene rings is 1. The third-order valence-corrected chi connectivity index (χ3v) is 7.91. The van der Waals surface area contributed by atoms with E-state index in [4.69, 9.17) is 16.3 Å². The maximum absolute atomic E-state index is 13.2. The van der Waals surface area contributed by atoms with E-state index in [9.17, 15) is 4.79 Å². The lowest BCUT2D eigenvalue weighted by Crippen LogP contribution is -2.43. The molecule has 1 fully saturated rings.